The Morgan fingerprint density at radius 2 is 1.73 bits per heavy atom. The first-order chi connectivity index (χ1) is 17.1. The third-order valence-electron chi connectivity index (χ3n) is 11.7. The molecule has 4 rings (SSSR count). The van der Waals surface area contributed by atoms with E-state index in [0.29, 0.717) is 56.1 Å². The van der Waals surface area contributed by atoms with Gasteiger partial charge in [0, 0.05) is 37.7 Å². The van der Waals surface area contributed by atoms with Gasteiger partial charge in [-0.2, -0.15) is 0 Å². The van der Waals surface area contributed by atoms with Crippen LogP contribution in [0.5, 0.6) is 0 Å². The smallest absolute Gasteiger partial charge is 0.160 e. The van der Waals surface area contributed by atoms with E-state index in [1.807, 2.05) is 41.5 Å². The molecule has 0 unspecified atom stereocenters. The van der Waals surface area contributed by atoms with E-state index in [1.54, 1.807) is 0 Å². The summed E-state index contributed by atoms with van der Waals surface area (Å²) in [6.07, 6.45) is 2.67. The van der Waals surface area contributed by atoms with Gasteiger partial charge in [0.2, 0.25) is 0 Å². The van der Waals surface area contributed by atoms with Crippen LogP contribution in [0.3, 0.4) is 0 Å². The van der Waals surface area contributed by atoms with E-state index in [2.05, 4.69) is 6.92 Å². The van der Waals surface area contributed by atoms with Crippen LogP contribution in [0.2, 0.25) is 0 Å². The lowest BCUT2D eigenvalue weighted by molar-refractivity contribution is -0.142. The molecule has 2 N–H and O–H groups in total. The monoisotopic (exact) mass is 514 g/mol. The number of rotatable bonds is 7. The summed E-state index contributed by atoms with van der Waals surface area (Å²) in [5.74, 6) is -0.131. The molecule has 0 aromatic heterocycles. The number of aliphatic hydroxyl groups is 2. The number of carbonyl (C=O) groups excluding carboxylic acids is 4. The molecule has 6 heteroatoms. The van der Waals surface area contributed by atoms with E-state index >= 15 is 0 Å². The number of aldehydes is 1. The average Bonchev–Trinajstić information content (AvgIpc) is 2.99. The molecule has 0 amide bonds. The van der Waals surface area contributed by atoms with Crippen molar-refractivity contribution in [2.75, 3.05) is 0 Å². The second-order valence-corrected chi connectivity index (χ2v) is 14.2. The van der Waals surface area contributed by atoms with Gasteiger partial charge in [-0.1, -0.05) is 41.5 Å². The van der Waals surface area contributed by atoms with Crippen LogP contribution in [0.1, 0.15) is 99.8 Å². The lowest BCUT2D eigenvalue weighted by atomic mass is 9.42. The molecule has 0 aromatic carbocycles. The second kappa shape index (κ2) is 9.22. The number of hydrogen-bond donors (Lipinski definition) is 2. The Morgan fingerprint density at radius 3 is 2.35 bits per heavy atom. The summed E-state index contributed by atoms with van der Waals surface area (Å²) in [6, 6.07) is 0. The molecular weight excluding hydrogens is 468 g/mol. The van der Waals surface area contributed by atoms with E-state index in [1.165, 1.54) is 0 Å². The Balaban J connectivity index is 1.73. The molecule has 0 bridgehead atoms. The van der Waals surface area contributed by atoms with Crippen LogP contribution in [0.4, 0.5) is 0 Å². The standard InChI is InChI=1S/C31H46O6/c1-17(9-11-32)12-19(33)13-18(2)20-14-25(37)31(7)27-21(34)15-23-28(3,4)24(36)8-10-29(23,5)26(27)22(35)16-30(20,31)6/h11,17-18,20-21,23-24,34,36H,8-10,12-16H2,1-7H3/t17-,18-,20-,21+,23+,24+,29+,30-,31+/m1/s1. The number of ketones is 3. The van der Waals surface area contributed by atoms with Gasteiger partial charge in [0.1, 0.15) is 17.9 Å². The Kier molecular flexibility index (Phi) is 7.07. The third-order valence-corrected chi connectivity index (χ3v) is 11.7. The van der Waals surface area contributed by atoms with Crippen LogP contribution in [0.25, 0.3) is 0 Å². The molecule has 206 valence electrons. The molecule has 4 aliphatic rings. The number of fused-ring (bicyclic) bond motifs is 4. The molecule has 4 aliphatic carbocycles. The SMILES string of the molecule is C[C@H](CC=O)CC(=O)C[C@@H](C)[C@H]1CC(=O)[C@@]2(C)C3=C(C(=O)C[C@]12C)[C@@]1(C)CC[C@H](O)C(C)(C)[C@@H]1C[C@@H]3O. The van der Waals surface area contributed by atoms with Crippen LogP contribution in [-0.4, -0.2) is 46.1 Å². The Hall–Kier alpha value is -1.66. The van der Waals surface area contributed by atoms with Crippen molar-refractivity contribution in [1.29, 1.82) is 0 Å². The maximum Gasteiger partial charge on any atom is 0.160 e. The van der Waals surface area contributed by atoms with Crippen LogP contribution < -0.4 is 0 Å². The molecular formula is C31H46O6. The normalized spacial score (nSPS) is 42.5. The quantitative estimate of drug-likeness (QED) is 0.479. The van der Waals surface area contributed by atoms with Crippen LogP contribution in [-0.2, 0) is 19.2 Å². The minimum Gasteiger partial charge on any atom is -0.393 e. The highest BCUT2D eigenvalue weighted by Crippen LogP contribution is 2.70. The number of Topliss-reactive ketones (excluding diaryl/α,β-unsaturated/α-hetero) is 3. The zero-order valence-corrected chi connectivity index (χ0v) is 23.7. The number of hydrogen-bond acceptors (Lipinski definition) is 6. The summed E-state index contributed by atoms with van der Waals surface area (Å²) < 4.78 is 0. The minimum absolute atomic E-state index is 0.00317. The molecule has 6 nitrogen and oxygen atoms in total. The minimum atomic E-state index is -0.962. The molecule has 0 aliphatic heterocycles. The van der Waals surface area contributed by atoms with Crippen molar-refractivity contribution in [2.45, 2.75) is 112 Å². The fourth-order valence-electron chi connectivity index (χ4n) is 9.32. The topological polar surface area (TPSA) is 109 Å². The summed E-state index contributed by atoms with van der Waals surface area (Å²) in [5.41, 5.74) is -1.31. The maximum absolute atomic E-state index is 14.1. The van der Waals surface area contributed by atoms with Crippen LogP contribution in [0.15, 0.2) is 11.1 Å². The highest BCUT2D eigenvalue weighted by molar-refractivity contribution is 6.05. The highest BCUT2D eigenvalue weighted by atomic mass is 16.3. The number of allylic oxidation sites excluding steroid dienone is 1. The summed E-state index contributed by atoms with van der Waals surface area (Å²) in [4.78, 5) is 51.6. The van der Waals surface area contributed by atoms with E-state index in [4.69, 9.17) is 0 Å². The maximum atomic E-state index is 14.1. The van der Waals surface area contributed by atoms with Crippen LogP contribution >= 0.6 is 0 Å². The van der Waals surface area contributed by atoms with Gasteiger partial charge in [0.05, 0.1) is 17.6 Å². The van der Waals surface area contributed by atoms with Crippen molar-refractivity contribution in [3.63, 3.8) is 0 Å². The molecule has 9 atom stereocenters. The number of aliphatic hydroxyl groups excluding tert-OH is 2. The van der Waals surface area contributed by atoms with E-state index in [-0.39, 0.29) is 47.4 Å². The largest absolute Gasteiger partial charge is 0.393 e. The van der Waals surface area contributed by atoms with Gasteiger partial charge in [0.25, 0.3) is 0 Å². The highest BCUT2D eigenvalue weighted by Gasteiger charge is 2.70. The zero-order valence-electron chi connectivity index (χ0n) is 23.7. The third kappa shape index (κ3) is 3.95. The first-order valence-electron chi connectivity index (χ1n) is 14.2. The molecule has 0 spiro atoms. The first-order valence-corrected chi connectivity index (χ1v) is 14.2. The van der Waals surface area contributed by atoms with Crippen molar-refractivity contribution >= 4 is 23.6 Å². The summed E-state index contributed by atoms with van der Waals surface area (Å²) in [5, 5.41) is 22.4. The average molecular weight is 515 g/mol. The van der Waals surface area contributed by atoms with Gasteiger partial charge in [-0.25, -0.2) is 0 Å². The first kappa shape index (κ1) is 28.4. The predicted molar refractivity (Wildman–Crippen MR) is 140 cm³/mol. The molecule has 0 radical (unpaired) electrons. The van der Waals surface area contributed by atoms with Crippen molar-refractivity contribution in [2.24, 2.45) is 45.3 Å². The molecule has 2 fully saturated rings. The molecule has 37 heavy (non-hydrogen) atoms. The predicted octanol–water partition coefficient (Wildman–Crippen LogP) is 4.64. The van der Waals surface area contributed by atoms with Crippen LogP contribution in [0, 0.1) is 45.3 Å². The molecule has 0 aromatic rings. The van der Waals surface area contributed by atoms with Gasteiger partial charge in [0.15, 0.2) is 5.78 Å². The Morgan fingerprint density at radius 1 is 1.08 bits per heavy atom. The van der Waals surface area contributed by atoms with E-state index < -0.39 is 33.9 Å². The number of carbonyl (C=O) groups is 4. The molecule has 0 saturated heterocycles. The second-order valence-electron chi connectivity index (χ2n) is 14.2. The fourth-order valence-corrected chi connectivity index (χ4v) is 9.32. The van der Waals surface area contributed by atoms with E-state index in [0.717, 1.165) is 6.29 Å². The fraction of sp³-hybridized carbons (Fsp3) is 0.806. The Bertz CT molecular complexity index is 1040. The lowest BCUT2D eigenvalue weighted by Gasteiger charge is -2.61. The van der Waals surface area contributed by atoms with Crippen molar-refractivity contribution in [3.8, 4) is 0 Å². The van der Waals surface area contributed by atoms with Gasteiger partial charge < -0.3 is 15.0 Å². The Labute approximate surface area is 221 Å². The molecule has 2 saturated carbocycles. The van der Waals surface area contributed by atoms with Gasteiger partial charge >= 0.3 is 0 Å². The van der Waals surface area contributed by atoms with Gasteiger partial charge in [-0.3, -0.25) is 14.4 Å². The van der Waals surface area contributed by atoms with Crippen molar-refractivity contribution in [3.05, 3.63) is 11.1 Å². The van der Waals surface area contributed by atoms with Gasteiger partial charge in [-0.15, -0.1) is 0 Å². The van der Waals surface area contributed by atoms with Crippen molar-refractivity contribution < 1.29 is 29.4 Å². The van der Waals surface area contributed by atoms with E-state index in [9.17, 15) is 29.4 Å². The van der Waals surface area contributed by atoms with Gasteiger partial charge in [-0.05, 0) is 71.7 Å². The summed E-state index contributed by atoms with van der Waals surface area (Å²) in [6.45, 7) is 14.0. The molecule has 0 heterocycles. The summed E-state index contributed by atoms with van der Waals surface area (Å²) >= 11 is 0. The summed E-state index contributed by atoms with van der Waals surface area (Å²) in [7, 11) is 0. The van der Waals surface area contributed by atoms with Crippen molar-refractivity contribution in [1.82, 2.24) is 0 Å². The zero-order chi connectivity index (χ0) is 27.7. The lowest BCUT2D eigenvalue weighted by Crippen LogP contribution is -2.60.